The molecule has 0 saturated carbocycles. The molecule has 0 radical (unpaired) electrons. The molecule has 1 aromatic heterocycles. The van der Waals surface area contributed by atoms with Crippen LogP contribution in [0.2, 0.25) is 0 Å². The number of carbonyl (C=O) groups is 1. The summed E-state index contributed by atoms with van der Waals surface area (Å²) in [5.41, 5.74) is 13.0. The molecule has 32 heavy (non-hydrogen) atoms. The van der Waals surface area contributed by atoms with E-state index in [9.17, 15) is 9.59 Å². The number of hydrogen-bond acceptors (Lipinski definition) is 6. The topological polar surface area (TPSA) is 154 Å². The van der Waals surface area contributed by atoms with Crippen LogP contribution in [-0.4, -0.2) is 57.7 Å². The van der Waals surface area contributed by atoms with Crippen LogP contribution in [0, 0.1) is 12.3 Å². The number of amides is 1. The SMILES string of the molecule is Cc1cccc2c(=O)[nH]c(CSC3CCN(C(=O)C(N)CCCNC(=N)N)CC3)nc12.Cl. The summed E-state index contributed by atoms with van der Waals surface area (Å²) >= 11 is 1.77. The minimum absolute atomic E-state index is 0. The molecule has 0 spiro atoms. The zero-order valence-corrected chi connectivity index (χ0v) is 19.9. The Morgan fingerprint density at radius 3 is 2.81 bits per heavy atom. The number of likely N-dealkylation sites (tertiary alicyclic amines) is 1. The van der Waals surface area contributed by atoms with Gasteiger partial charge in [-0.2, -0.15) is 11.8 Å². The first-order valence-corrected chi connectivity index (χ1v) is 11.6. The summed E-state index contributed by atoms with van der Waals surface area (Å²) in [6, 6.07) is 5.10. The van der Waals surface area contributed by atoms with Gasteiger partial charge >= 0.3 is 0 Å². The van der Waals surface area contributed by atoms with Gasteiger partial charge in [-0.25, -0.2) is 4.98 Å². The molecule has 3 rings (SSSR count). The lowest BCUT2D eigenvalue weighted by molar-refractivity contribution is -0.133. The van der Waals surface area contributed by atoms with Crippen molar-refractivity contribution in [3.05, 3.63) is 39.9 Å². The highest BCUT2D eigenvalue weighted by molar-refractivity contribution is 7.99. The number of guanidine groups is 1. The van der Waals surface area contributed by atoms with E-state index in [2.05, 4.69) is 15.3 Å². The number of piperidine rings is 1. The van der Waals surface area contributed by atoms with Crippen molar-refractivity contribution >= 4 is 46.9 Å². The Kier molecular flexibility index (Phi) is 9.80. The number of aromatic nitrogens is 2. The third kappa shape index (κ3) is 6.85. The fourth-order valence-electron chi connectivity index (χ4n) is 3.76. The number of H-pyrrole nitrogens is 1. The number of fused-ring (bicyclic) bond motifs is 1. The zero-order valence-electron chi connectivity index (χ0n) is 18.2. The summed E-state index contributed by atoms with van der Waals surface area (Å²) in [5, 5.41) is 10.9. The van der Waals surface area contributed by atoms with Crippen LogP contribution in [0.15, 0.2) is 23.0 Å². The van der Waals surface area contributed by atoms with E-state index in [1.807, 2.05) is 24.0 Å². The van der Waals surface area contributed by atoms with E-state index in [4.69, 9.17) is 16.9 Å². The Morgan fingerprint density at radius 2 is 2.12 bits per heavy atom. The number of thioether (sulfide) groups is 1. The van der Waals surface area contributed by atoms with E-state index in [-0.39, 0.29) is 29.8 Å². The molecule has 1 saturated heterocycles. The second kappa shape index (κ2) is 12.1. The Balaban J connectivity index is 0.00000363. The number of rotatable bonds is 8. The molecule has 1 unspecified atom stereocenters. The molecule has 1 atom stereocenters. The highest BCUT2D eigenvalue weighted by Crippen LogP contribution is 2.26. The van der Waals surface area contributed by atoms with Crippen LogP contribution in [0.3, 0.4) is 0 Å². The standard InChI is InChI=1S/C21H31N7O2S.ClH/c1-13-4-2-5-15-18(13)26-17(27-19(15)29)12-31-14-7-10-28(11-8-14)20(30)16(22)6-3-9-25-21(23)24;/h2,4-5,14,16H,3,6-12,22H2,1H3,(H4,23,24,25)(H,26,27,29);1H. The molecule has 1 amide bonds. The molecule has 1 aromatic carbocycles. The molecule has 0 aliphatic carbocycles. The van der Waals surface area contributed by atoms with Crippen molar-refractivity contribution in [2.24, 2.45) is 11.5 Å². The molecule has 1 fully saturated rings. The molecular weight excluding hydrogens is 450 g/mol. The van der Waals surface area contributed by atoms with Crippen molar-refractivity contribution in [2.75, 3.05) is 19.6 Å². The number of carbonyl (C=O) groups excluding carboxylic acids is 1. The number of halogens is 1. The van der Waals surface area contributed by atoms with Crippen molar-refractivity contribution in [3.8, 4) is 0 Å². The van der Waals surface area contributed by atoms with Crippen LogP contribution < -0.4 is 22.3 Å². The molecule has 1 aliphatic rings. The van der Waals surface area contributed by atoms with Crippen molar-refractivity contribution in [1.29, 1.82) is 5.41 Å². The lowest BCUT2D eigenvalue weighted by Crippen LogP contribution is -2.47. The summed E-state index contributed by atoms with van der Waals surface area (Å²) in [4.78, 5) is 34.3. The second-order valence-corrected chi connectivity index (χ2v) is 9.20. The van der Waals surface area contributed by atoms with E-state index >= 15 is 0 Å². The van der Waals surface area contributed by atoms with Gasteiger partial charge in [0.05, 0.1) is 22.7 Å². The third-order valence-electron chi connectivity index (χ3n) is 5.52. The minimum atomic E-state index is -0.520. The maximum Gasteiger partial charge on any atom is 0.258 e. The van der Waals surface area contributed by atoms with Crippen LogP contribution in [-0.2, 0) is 10.5 Å². The van der Waals surface area contributed by atoms with Gasteiger partial charge in [-0.15, -0.1) is 12.4 Å². The molecule has 9 nitrogen and oxygen atoms in total. The van der Waals surface area contributed by atoms with Crippen LogP contribution in [0.5, 0.6) is 0 Å². The maximum absolute atomic E-state index is 12.6. The normalized spacial score (nSPS) is 15.2. The Labute approximate surface area is 198 Å². The maximum atomic E-state index is 12.6. The number of benzene rings is 1. The van der Waals surface area contributed by atoms with Crippen LogP contribution >= 0.6 is 24.2 Å². The monoisotopic (exact) mass is 481 g/mol. The molecule has 0 bridgehead atoms. The van der Waals surface area contributed by atoms with Crippen molar-refractivity contribution in [3.63, 3.8) is 0 Å². The molecule has 11 heteroatoms. The third-order valence-corrected chi connectivity index (χ3v) is 6.90. The highest BCUT2D eigenvalue weighted by atomic mass is 35.5. The molecule has 2 aromatic rings. The average molecular weight is 482 g/mol. The fourth-order valence-corrected chi connectivity index (χ4v) is 4.84. The number of aryl methyl sites for hydroxylation is 1. The summed E-state index contributed by atoms with van der Waals surface area (Å²) in [7, 11) is 0. The molecule has 176 valence electrons. The summed E-state index contributed by atoms with van der Waals surface area (Å²) in [6.45, 7) is 3.88. The van der Waals surface area contributed by atoms with Crippen LogP contribution in [0.4, 0.5) is 0 Å². The van der Waals surface area contributed by atoms with E-state index in [1.54, 1.807) is 17.8 Å². The van der Waals surface area contributed by atoms with Gasteiger partial charge in [0.15, 0.2) is 5.96 Å². The molecule has 7 N–H and O–H groups in total. The smallest absolute Gasteiger partial charge is 0.258 e. The summed E-state index contributed by atoms with van der Waals surface area (Å²) < 4.78 is 0. The van der Waals surface area contributed by atoms with Gasteiger partial charge in [0, 0.05) is 24.9 Å². The van der Waals surface area contributed by atoms with Gasteiger partial charge in [-0.1, -0.05) is 12.1 Å². The van der Waals surface area contributed by atoms with E-state index in [1.165, 1.54) is 0 Å². The van der Waals surface area contributed by atoms with Gasteiger partial charge in [-0.05, 0) is 44.2 Å². The van der Waals surface area contributed by atoms with Crippen molar-refractivity contribution in [2.45, 2.75) is 49.7 Å². The van der Waals surface area contributed by atoms with Gasteiger partial charge in [0.2, 0.25) is 5.91 Å². The summed E-state index contributed by atoms with van der Waals surface area (Å²) in [6.07, 6.45) is 3.04. The number of nitrogens with one attached hydrogen (secondary N) is 3. The average Bonchev–Trinajstić information content (AvgIpc) is 2.75. The van der Waals surface area contributed by atoms with Gasteiger partial charge in [0.1, 0.15) is 5.82 Å². The quantitative estimate of drug-likeness (QED) is 0.217. The highest BCUT2D eigenvalue weighted by Gasteiger charge is 2.26. The Morgan fingerprint density at radius 1 is 1.41 bits per heavy atom. The fraction of sp³-hybridized carbons (Fsp3) is 0.524. The first-order valence-electron chi connectivity index (χ1n) is 10.6. The molecular formula is C21H32ClN7O2S. The first kappa shape index (κ1) is 26.0. The van der Waals surface area contributed by atoms with Gasteiger partial charge in [0.25, 0.3) is 5.56 Å². The number of nitrogens with two attached hydrogens (primary N) is 2. The summed E-state index contributed by atoms with van der Waals surface area (Å²) in [5.74, 6) is 1.25. The number of hydrogen-bond donors (Lipinski definition) is 5. The number of para-hydroxylation sites is 1. The predicted octanol–water partition coefficient (Wildman–Crippen LogP) is 1.47. The van der Waals surface area contributed by atoms with Crippen LogP contribution in [0.25, 0.3) is 10.9 Å². The lowest BCUT2D eigenvalue weighted by Gasteiger charge is -2.33. The molecule has 1 aliphatic heterocycles. The largest absolute Gasteiger partial charge is 0.370 e. The predicted molar refractivity (Wildman–Crippen MR) is 132 cm³/mol. The van der Waals surface area contributed by atoms with Gasteiger partial charge in [-0.3, -0.25) is 15.0 Å². The first-order chi connectivity index (χ1) is 14.8. The zero-order chi connectivity index (χ0) is 22.4. The van der Waals surface area contributed by atoms with Crippen molar-refractivity contribution < 1.29 is 4.79 Å². The van der Waals surface area contributed by atoms with E-state index in [0.29, 0.717) is 54.7 Å². The van der Waals surface area contributed by atoms with E-state index in [0.717, 1.165) is 23.9 Å². The molecule has 2 heterocycles. The minimum Gasteiger partial charge on any atom is -0.370 e. The Hall–Kier alpha value is -2.30. The van der Waals surface area contributed by atoms with Crippen LogP contribution in [0.1, 0.15) is 37.1 Å². The van der Waals surface area contributed by atoms with Gasteiger partial charge < -0.3 is 26.7 Å². The number of nitrogens with zero attached hydrogens (tertiary/aromatic N) is 2. The van der Waals surface area contributed by atoms with Crippen molar-refractivity contribution in [1.82, 2.24) is 20.2 Å². The van der Waals surface area contributed by atoms with E-state index < -0.39 is 6.04 Å². The Bertz CT molecular complexity index is 992. The lowest BCUT2D eigenvalue weighted by atomic mass is 10.1. The number of aromatic amines is 1. The second-order valence-electron chi connectivity index (χ2n) is 7.91.